The maximum atomic E-state index is 13.9. The van der Waals surface area contributed by atoms with Crippen LogP contribution in [0.1, 0.15) is 48.1 Å². The van der Waals surface area contributed by atoms with Gasteiger partial charge in [0.2, 0.25) is 0 Å². The lowest BCUT2D eigenvalue weighted by atomic mass is 9.80. The highest BCUT2D eigenvalue weighted by Gasteiger charge is 2.45. The number of amides is 2. The van der Waals surface area contributed by atoms with Gasteiger partial charge in [0.25, 0.3) is 0 Å². The Kier molecular flexibility index (Phi) is 8.53. The van der Waals surface area contributed by atoms with E-state index in [0.717, 1.165) is 34.8 Å². The molecule has 5 rings (SSSR count). The maximum absolute atomic E-state index is 13.9. The predicted molar refractivity (Wildman–Crippen MR) is 152 cm³/mol. The molecular formula is C30H30F4IN3O2. The first kappa shape index (κ1) is 28.6. The third kappa shape index (κ3) is 6.21. The number of urea groups is 1. The van der Waals surface area contributed by atoms with E-state index in [0.29, 0.717) is 23.1 Å². The number of nitrogens with zero attached hydrogens (tertiary/aromatic N) is 1. The molecule has 0 spiro atoms. The largest absolute Gasteiger partial charge is 0.461 e. The van der Waals surface area contributed by atoms with Gasteiger partial charge in [-0.1, -0.05) is 77.5 Å². The number of rotatable bonds is 10. The van der Waals surface area contributed by atoms with Crippen LogP contribution in [0.3, 0.4) is 0 Å². The molecule has 2 amide bonds. The molecule has 2 saturated carbocycles. The first-order valence-electron chi connectivity index (χ1n) is 13.3. The molecule has 10 heteroatoms. The number of alkyl halides is 5. The Morgan fingerprint density at radius 1 is 1.02 bits per heavy atom. The van der Waals surface area contributed by atoms with Gasteiger partial charge >= 0.3 is 18.6 Å². The van der Waals surface area contributed by atoms with E-state index in [1.807, 2.05) is 36.4 Å². The zero-order valence-corrected chi connectivity index (χ0v) is 23.8. The maximum Gasteiger partial charge on any atom is 0.461 e. The van der Waals surface area contributed by atoms with Gasteiger partial charge in [-0.2, -0.15) is 17.6 Å². The van der Waals surface area contributed by atoms with E-state index in [1.165, 1.54) is 24.6 Å². The van der Waals surface area contributed by atoms with Gasteiger partial charge in [-0.15, -0.1) is 0 Å². The summed E-state index contributed by atoms with van der Waals surface area (Å²) in [6.07, 6.45) is -2.43. The molecule has 0 radical (unpaired) electrons. The van der Waals surface area contributed by atoms with Gasteiger partial charge in [0.15, 0.2) is 0 Å². The molecule has 212 valence electrons. The number of carbonyl (C=O) groups is 1. The molecule has 2 aliphatic carbocycles. The monoisotopic (exact) mass is 667 g/mol. The molecule has 2 bridgehead atoms. The summed E-state index contributed by atoms with van der Waals surface area (Å²) in [5.41, 5.74) is 1.35. The second-order valence-corrected chi connectivity index (χ2v) is 11.4. The lowest BCUT2D eigenvalue weighted by molar-refractivity contribution is -0.253. The lowest BCUT2D eigenvalue weighted by Gasteiger charge is -2.36. The fourth-order valence-electron chi connectivity index (χ4n) is 6.03. The number of benzene rings is 2. The number of hydrogen-bond acceptors (Lipinski definition) is 3. The highest BCUT2D eigenvalue weighted by molar-refractivity contribution is 14.1. The van der Waals surface area contributed by atoms with E-state index in [4.69, 9.17) is 4.98 Å². The van der Waals surface area contributed by atoms with Gasteiger partial charge in [0.1, 0.15) is 11.3 Å². The van der Waals surface area contributed by atoms with Crippen molar-refractivity contribution in [2.24, 2.45) is 11.8 Å². The molecule has 2 N–H and O–H groups in total. The van der Waals surface area contributed by atoms with E-state index >= 15 is 0 Å². The molecule has 1 aromatic heterocycles. The minimum Gasteiger partial charge on any atom is -0.428 e. The quantitative estimate of drug-likeness (QED) is 0.136. The van der Waals surface area contributed by atoms with Gasteiger partial charge in [-0.25, -0.2) is 4.79 Å². The Morgan fingerprint density at radius 2 is 1.82 bits per heavy atom. The van der Waals surface area contributed by atoms with Crippen LogP contribution in [-0.2, 0) is 16.4 Å². The minimum absolute atomic E-state index is 0.0573. The van der Waals surface area contributed by atoms with E-state index in [1.54, 1.807) is 18.3 Å². The first-order chi connectivity index (χ1) is 19.2. The van der Waals surface area contributed by atoms with Crippen LogP contribution in [0.4, 0.5) is 22.4 Å². The molecule has 3 aromatic rings. The van der Waals surface area contributed by atoms with Crippen LogP contribution in [0.25, 0.3) is 0 Å². The van der Waals surface area contributed by atoms with Crippen LogP contribution in [0.5, 0.6) is 5.75 Å². The van der Waals surface area contributed by atoms with Gasteiger partial charge in [-0.3, -0.25) is 4.98 Å². The number of carbonyl (C=O) groups excluding carboxylic acids is 1. The summed E-state index contributed by atoms with van der Waals surface area (Å²) < 4.78 is 58.7. The topological polar surface area (TPSA) is 63.2 Å². The molecule has 2 aliphatic rings. The first-order valence-corrected chi connectivity index (χ1v) is 14.8. The average molecular weight is 667 g/mol. The Hall–Kier alpha value is -2.89. The van der Waals surface area contributed by atoms with Crippen molar-refractivity contribution in [1.82, 2.24) is 15.6 Å². The lowest BCUT2D eigenvalue weighted by Crippen LogP contribution is -2.55. The number of ether oxygens (including phenoxy) is 1. The number of halogens is 5. The number of nitrogens with one attached hydrogen (secondary N) is 2. The standard InChI is InChI=1S/C30H30F4IN3O2/c31-27(32)30(33,34)40-24-8-4-7-23(15-24)29(16-19-5-2-1-3-6-19,26-12-10-21(17-35)18-36-26)38-28(39)37-25-14-20-9-11-22(25)13-20/h1-8,10,12,15,18,20,22,25,27H,9,11,13-14,16-17H2,(H2,37,38,39)/t20-,22+,25+,29+/m1/s1. The van der Waals surface area contributed by atoms with Crippen molar-refractivity contribution >= 4 is 28.6 Å². The van der Waals surface area contributed by atoms with Crippen molar-refractivity contribution in [2.45, 2.75) is 60.6 Å². The third-order valence-corrected chi connectivity index (χ3v) is 8.83. The van der Waals surface area contributed by atoms with Crippen LogP contribution in [0.2, 0.25) is 0 Å². The van der Waals surface area contributed by atoms with Gasteiger partial charge in [-0.05, 0) is 66.0 Å². The molecule has 2 aromatic carbocycles. The Morgan fingerprint density at radius 3 is 2.45 bits per heavy atom. The van der Waals surface area contributed by atoms with Crippen LogP contribution in [0, 0.1) is 11.8 Å². The summed E-state index contributed by atoms with van der Waals surface area (Å²) in [6, 6.07) is 18.3. The molecular weight excluding hydrogens is 637 g/mol. The minimum atomic E-state index is -4.67. The van der Waals surface area contributed by atoms with E-state index in [-0.39, 0.29) is 12.5 Å². The molecule has 0 unspecified atom stereocenters. The summed E-state index contributed by atoms with van der Waals surface area (Å²) in [5.74, 6) is 0.616. The van der Waals surface area contributed by atoms with Crippen LogP contribution in [-0.4, -0.2) is 29.6 Å². The summed E-state index contributed by atoms with van der Waals surface area (Å²) in [7, 11) is 0. The van der Waals surface area contributed by atoms with Crippen molar-refractivity contribution in [3.05, 3.63) is 95.3 Å². The zero-order chi connectivity index (χ0) is 28.3. The predicted octanol–water partition coefficient (Wildman–Crippen LogP) is 7.23. The smallest absolute Gasteiger partial charge is 0.428 e. The SMILES string of the molecule is O=C(N[C@H]1C[C@@H]2CC[C@H]1C2)N[C@@](Cc1ccccc1)(c1cccc(OC(F)(F)C(F)F)c1)c1ccc(CI)cn1. The van der Waals surface area contributed by atoms with Crippen molar-refractivity contribution in [1.29, 1.82) is 0 Å². The number of hydrogen-bond donors (Lipinski definition) is 2. The van der Waals surface area contributed by atoms with Crippen LogP contribution >= 0.6 is 22.6 Å². The van der Waals surface area contributed by atoms with Crippen LogP contribution < -0.4 is 15.4 Å². The zero-order valence-electron chi connectivity index (χ0n) is 21.6. The fourth-order valence-corrected chi connectivity index (χ4v) is 6.48. The second kappa shape index (κ2) is 11.9. The average Bonchev–Trinajstić information content (AvgIpc) is 3.56. The van der Waals surface area contributed by atoms with Crippen molar-refractivity contribution in [3.63, 3.8) is 0 Å². The molecule has 0 saturated heterocycles. The van der Waals surface area contributed by atoms with E-state index in [9.17, 15) is 22.4 Å². The summed E-state index contributed by atoms with van der Waals surface area (Å²) in [4.78, 5) is 18.3. The number of aromatic nitrogens is 1. The fraction of sp³-hybridized carbons (Fsp3) is 0.400. The molecule has 4 atom stereocenters. The normalized spacial score (nSPS) is 21.7. The highest BCUT2D eigenvalue weighted by atomic mass is 127. The van der Waals surface area contributed by atoms with Crippen molar-refractivity contribution in [2.75, 3.05) is 0 Å². The highest BCUT2D eigenvalue weighted by Crippen LogP contribution is 2.44. The number of pyridine rings is 1. The van der Waals surface area contributed by atoms with Crippen LogP contribution in [0.15, 0.2) is 72.9 Å². The molecule has 0 aliphatic heterocycles. The summed E-state index contributed by atoms with van der Waals surface area (Å²) >= 11 is 2.23. The molecule has 1 heterocycles. The van der Waals surface area contributed by atoms with Crippen molar-refractivity contribution < 1.29 is 27.1 Å². The van der Waals surface area contributed by atoms with Gasteiger partial charge in [0, 0.05) is 23.1 Å². The Labute approximate surface area is 244 Å². The Balaban J connectivity index is 1.58. The van der Waals surface area contributed by atoms with Gasteiger partial charge < -0.3 is 15.4 Å². The second-order valence-electron chi connectivity index (χ2n) is 10.6. The molecule has 2 fully saturated rings. The van der Waals surface area contributed by atoms with E-state index < -0.39 is 29.9 Å². The summed E-state index contributed by atoms with van der Waals surface area (Å²) in [6.45, 7) is 0. The van der Waals surface area contributed by atoms with Gasteiger partial charge in [0.05, 0.1) is 5.69 Å². The summed E-state index contributed by atoms with van der Waals surface area (Å²) in [5, 5.41) is 6.29. The molecule has 40 heavy (non-hydrogen) atoms. The van der Waals surface area contributed by atoms with Crippen molar-refractivity contribution in [3.8, 4) is 5.75 Å². The Bertz CT molecular complexity index is 1310. The third-order valence-electron chi connectivity index (χ3n) is 7.94. The van der Waals surface area contributed by atoms with E-state index in [2.05, 4.69) is 38.0 Å². The molecule has 5 nitrogen and oxygen atoms in total. The number of fused-ring (bicyclic) bond motifs is 2.